The van der Waals surface area contributed by atoms with Crippen LogP contribution in [0.1, 0.15) is 37.4 Å². The fraction of sp³-hybridized carbons (Fsp3) is 0.600. The highest BCUT2D eigenvalue weighted by Crippen LogP contribution is 2.33. The Balaban J connectivity index is 1.53. The molecule has 3 rings (SSSR count). The number of thiophene rings is 1. The summed E-state index contributed by atoms with van der Waals surface area (Å²) < 4.78 is 0. The van der Waals surface area contributed by atoms with Gasteiger partial charge in [0.1, 0.15) is 6.04 Å². The molecule has 5 nitrogen and oxygen atoms in total. The van der Waals surface area contributed by atoms with Crippen LogP contribution in [0.15, 0.2) is 16.8 Å². The lowest BCUT2D eigenvalue weighted by atomic mass is 10.1. The van der Waals surface area contributed by atoms with E-state index in [0.717, 1.165) is 31.2 Å². The summed E-state index contributed by atoms with van der Waals surface area (Å²) in [5, 5.41) is 16.5. The largest absolute Gasteiger partial charge is 0.387 e. The summed E-state index contributed by atoms with van der Waals surface area (Å²) in [6.45, 7) is 0.873. The highest BCUT2D eigenvalue weighted by molar-refractivity contribution is 7.07. The number of carbonyl (C=O) groups is 2. The predicted molar refractivity (Wildman–Crippen MR) is 79.7 cm³/mol. The molecule has 2 amide bonds. The zero-order valence-corrected chi connectivity index (χ0v) is 12.6. The fourth-order valence-electron chi connectivity index (χ4n) is 2.77. The van der Waals surface area contributed by atoms with Gasteiger partial charge in [0.15, 0.2) is 0 Å². The normalized spacial score (nSPS) is 23.1. The van der Waals surface area contributed by atoms with Crippen molar-refractivity contribution in [3.63, 3.8) is 0 Å². The molecule has 2 N–H and O–H groups in total. The van der Waals surface area contributed by atoms with E-state index < -0.39 is 6.10 Å². The first kappa shape index (κ1) is 14.5. The van der Waals surface area contributed by atoms with Gasteiger partial charge in [-0.3, -0.25) is 9.59 Å². The van der Waals surface area contributed by atoms with Crippen molar-refractivity contribution in [1.29, 1.82) is 0 Å². The summed E-state index contributed by atoms with van der Waals surface area (Å²) in [5.41, 5.74) is 0.817. The van der Waals surface area contributed by atoms with Gasteiger partial charge in [-0.2, -0.15) is 11.3 Å². The topological polar surface area (TPSA) is 69.6 Å². The summed E-state index contributed by atoms with van der Waals surface area (Å²) in [6.07, 6.45) is 2.83. The lowest BCUT2D eigenvalue weighted by Crippen LogP contribution is -2.47. The fourth-order valence-corrected chi connectivity index (χ4v) is 3.47. The monoisotopic (exact) mass is 308 g/mol. The van der Waals surface area contributed by atoms with Crippen molar-refractivity contribution in [2.24, 2.45) is 5.92 Å². The molecule has 2 atom stereocenters. The van der Waals surface area contributed by atoms with E-state index >= 15 is 0 Å². The minimum Gasteiger partial charge on any atom is -0.387 e. The van der Waals surface area contributed by atoms with Gasteiger partial charge in [0, 0.05) is 19.0 Å². The number of rotatable bonds is 5. The van der Waals surface area contributed by atoms with E-state index in [0.29, 0.717) is 6.54 Å². The second-order valence-corrected chi connectivity index (χ2v) is 6.56. The second kappa shape index (κ2) is 6.15. The first-order chi connectivity index (χ1) is 10.2. The quantitative estimate of drug-likeness (QED) is 0.861. The maximum Gasteiger partial charge on any atom is 0.242 e. The standard InChI is InChI=1S/C15H20N2O3S/c18-13(11-5-7-21-9-11)8-16-14(19)12-2-1-6-17(12)15(20)10-3-4-10/h5,7,9-10,12-13,18H,1-4,6,8H2,(H,16,19). The molecule has 1 aliphatic carbocycles. The van der Waals surface area contributed by atoms with Crippen LogP contribution < -0.4 is 5.32 Å². The van der Waals surface area contributed by atoms with E-state index in [9.17, 15) is 14.7 Å². The average Bonchev–Trinajstić information content (AvgIpc) is 3.01. The van der Waals surface area contributed by atoms with Crippen molar-refractivity contribution in [2.45, 2.75) is 37.8 Å². The summed E-state index contributed by atoms with van der Waals surface area (Å²) in [7, 11) is 0. The Labute approximate surface area is 128 Å². The first-order valence-electron chi connectivity index (χ1n) is 7.45. The van der Waals surface area contributed by atoms with Gasteiger partial charge >= 0.3 is 0 Å². The molecule has 0 radical (unpaired) electrons. The predicted octanol–water partition coefficient (Wildman–Crippen LogP) is 1.30. The minimum absolute atomic E-state index is 0.131. The summed E-state index contributed by atoms with van der Waals surface area (Å²) in [4.78, 5) is 26.1. The number of hydrogen-bond donors (Lipinski definition) is 2. The van der Waals surface area contributed by atoms with Crippen LogP contribution in [0.5, 0.6) is 0 Å². The lowest BCUT2D eigenvalue weighted by Gasteiger charge is -2.24. The Morgan fingerprint density at radius 1 is 1.43 bits per heavy atom. The van der Waals surface area contributed by atoms with Gasteiger partial charge in [-0.25, -0.2) is 0 Å². The van der Waals surface area contributed by atoms with Gasteiger partial charge in [0.05, 0.1) is 6.10 Å². The van der Waals surface area contributed by atoms with Crippen molar-refractivity contribution in [2.75, 3.05) is 13.1 Å². The van der Waals surface area contributed by atoms with Gasteiger partial charge < -0.3 is 15.3 Å². The Hall–Kier alpha value is -1.40. The third kappa shape index (κ3) is 3.27. The van der Waals surface area contributed by atoms with Gasteiger partial charge in [-0.05, 0) is 48.1 Å². The molecule has 2 unspecified atom stereocenters. The number of hydrogen-bond acceptors (Lipinski definition) is 4. The van der Waals surface area contributed by atoms with Crippen LogP contribution in [-0.2, 0) is 9.59 Å². The molecular weight excluding hydrogens is 288 g/mol. The van der Waals surface area contributed by atoms with E-state index in [1.54, 1.807) is 4.90 Å². The third-order valence-corrected chi connectivity index (χ3v) is 4.86. The highest BCUT2D eigenvalue weighted by atomic mass is 32.1. The number of aliphatic hydroxyl groups is 1. The third-order valence-electron chi connectivity index (χ3n) is 4.16. The van der Waals surface area contributed by atoms with Gasteiger partial charge in [-0.15, -0.1) is 0 Å². The lowest BCUT2D eigenvalue weighted by molar-refractivity contribution is -0.139. The Morgan fingerprint density at radius 3 is 2.90 bits per heavy atom. The molecule has 114 valence electrons. The molecule has 0 bridgehead atoms. The second-order valence-electron chi connectivity index (χ2n) is 5.78. The SMILES string of the molecule is O=C(NCC(O)c1ccsc1)C1CCCN1C(=O)C1CC1. The van der Waals surface area contributed by atoms with Crippen LogP contribution >= 0.6 is 11.3 Å². The van der Waals surface area contributed by atoms with Crippen LogP contribution in [0.2, 0.25) is 0 Å². The molecule has 0 spiro atoms. The van der Waals surface area contributed by atoms with Crippen molar-refractivity contribution in [3.8, 4) is 0 Å². The van der Waals surface area contributed by atoms with E-state index in [1.165, 1.54) is 11.3 Å². The van der Waals surface area contributed by atoms with Crippen molar-refractivity contribution >= 4 is 23.2 Å². The molecule has 2 heterocycles. The maximum atomic E-state index is 12.3. The first-order valence-corrected chi connectivity index (χ1v) is 8.39. The van der Waals surface area contributed by atoms with Crippen LogP contribution in [-0.4, -0.2) is 41.0 Å². The summed E-state index contributed by atoms with van der Waals surface area (Å²) in [5.74, 6) is 0.136. The smallest absolute Gasteiger partial charge is 0.242 e. The van der Waals surface area contributed by atoms with Crippen LogP contribution in [0.25, 0.3) is 0 Å². The number of nitrogens with one attached hydrogen (secondary N) is 1. The number of aliphatic hydroxyl groups excluding tert-OH is 1. The molecule has 0 aromatic carbocycles. The van der Waals surface area contributed by atoms with Gasteiger partial charge in [-0.1, -0.05) is 0 Å². The zero-order chi connectivity index (χ0) is 14.8. The molecule has 2 fully saturated rings. The number of likely N-dealkylation sites (tertiary alicyclic amines) is 1. The number of carbonyl (C=O) groups excluding carboxylic acids is 2. The molecule has 21 heavy (non-hydrogen) atoms. The average molecular weight is 308 g/mol. The highest BCUT2D eigenvalue weighted by Gasteiger charge is 2.40. The summed E-state index contributed by atoms with van der Waals surface area (Å²) in [6, 6.07) is 1.49. The number of amides is 2. The van der Waals surface area contributed by atoms with Crippen molar-refractivity contribution < 1.29 is 14.7 Å². The van der Waals surface area contributed by atoms with Crippen LogP contribution in [0, 0.1) is 5.92 Å². The van der Waals surface area contributed by atoms with Crippen LogP contribution in [0.4, 0.5) is 0 Å². The van der Waals surface area contributed by atoms with E-state index in [1.807, 2.05) is 16.8 Å². The molecule has 1 aromatic rings. The molecule has 2 aliphatic rings. The molecular formula is C15H20N2O3S. The van der Waals surface area contributed by atoms with Crippen LogP contribution in [0.3, 0.4) is 0 Å². The molecule has 1 aliphatic heterocycles. The molecule has 1 saturated heterocycles. The summed E-state index contributed by atoms with van der Waals surface area (Å²) >= 11 is 1.52. The zero-order valence-electron chi connectivity index (χ0n) is 11.8. The Morgan fingerprint density at radius 2 is 2.24 bits per heavy atom. The van der Waals surface area contributed by atoms with Crippen molar-refractivity contribution in [1.82, 2.24) is 10.2 Å². The maximum absolute atomic E-state index is 12.3. The Bertz CT molecular complexity index is 513. The van der Waals surface area contributed by atoms with E-state index in [4.69, 9.17) is 0 Å². The van der Waals surface area contributed by atoms with E-state index in [2.05, 4.69) is 5.32 Å². The van der Waals surface area contributed by atoms with E-state index in [-0.39, 0.29) is 30.3 Å². The van der Waals surface area contributed by atoms with Gasteiger partial charge in [0.25, 0.3) is 0 Å². The van der Waals surface area contributed by atoms with Gasteiger partial charge in [0.2, 0.25) is 11.8 Å². The molecule has 1 aromatic heterocycles. The van der Waals surface area contributed by atoms with Crippen molar-refractivity contribution in [3.05, 3.63) is 22.4 Å². The molecule has 1 saturated carbocycles. The Kier molecular flexibility index (Phi) is 4.26. The minimum atomic E-state index is -0.686. The molecule has 6 heteroatoms. The number of nitrogens with zero attached hydrogens (tertiary/aromatic N) is 1.